The number of hydrogen-bond donors (Lipinski definition) is 0. The molecule has 31 heavy (non-hydrogen) atoms. The van der Waals surface area contributed by atoms with Crippen LogP contribution in [-0.4, -0.2) is 38.7 Å². The van der Waals surface area contributed by atoms with Gasteiger partial charge in [0.1, 0.15) is 6.33 Å². The van der Waals surface area contributed by atoms with Crippen LogP contribution >= 0.6 is 0 Å². The Bertz CT molecular complexity index is 1160. The molecule has 3 aromatic rings. The van der Waals surface area contributed by atoms with Gasteiger partial charge in [0, 0.05) is 31.1 Å². The Morgan fingerprint density at radius 3 is 2.65 bits per heavy atom. The van der Waals surface area contributed by atoms with Crippen molar-refractivity contribution < 1.29 is 4.79 Å². The van der Waals surface area contributed by atoms with E-state index in [0.717, 1.165) is 56.7 Å². The van der Waals surface area contributed by atoms with E-state index in [1.807, 2.05) is 6.33 Å². The molecule has 2 aliphatic carbocycles. The summed E-state index contributed by atoms with van der Waals surface area (Å²) in [5.41, 5.74) is 6.27. The predicted octanol–water partition coefficient (Wildman–Crippen LogP) is 4.44. The van der Waals surface area contributed by atoms with Gasteiger partial charge in [-0.1, -0.05) is 54.6 Å². The molecule has 2 aromatic carbocycles. The lowest BCUT2D eigenvalue weighted by molar-refractivity contribution is -0.131. The van der Waals surface area contributed by atoms with E-state index in [1.54, 1.807) is 0 Å². The average molecular weight is 411 g/mol. The number of amides is 1. The zero-order valence-corrected chi connectivity index (χ0v) is 17.6. The van der Waals surface area contributed by atoms with Gasteiger partial charge >= 0.3 is 0 Å². The minimum absolute atomic E-state index is 0.310. The zero-order valence-electron chi connectivity index (χ0n) is 17.6. The van der Waals surface area contributed by atoms with Crippen LogP contribution in [0.25, 0.3) is 28.6 Å². The number of hydrogen-bond acceptors (Lipinski definition) is 3. The van der Waals surface area contributed by atoms with Gasteiger partial charge in [-0.3, -0.25) is 4.79 Å². The van der Waals surface area contributed by atoms with E-state index in [4.69, 9.17) is 0 Å². The van der Waals surface area contributed by atoms with Gasteiger partial charge in [0.25, 0.3) is 0 Å². The lowest BCUT2D eigenvalue weighted by atomic mass is 9.99. The number of carbonyl (C=O) groups is 1. The number of likely N-dealkylation sites (tertiary alicyclic amines) is 1. The Kier molecular flexibility index (Phi) is 4.48. The molecular weight excluding hydrogens is 384 g/mol. The highest BCUT2D eigenvalue weighted by atomic mass is 16.2. The molecule has 0 spiro atoms. The Morgan fingerprint density at radius 1 is 1.00 bits per heavy atom. The third-order valence-electron chi connectivity index (χ3n) is 6.85. The molecular formula is C26H26N4O. The van der Waals surface area contributed by atoms with E-state index in [-0.39, 0.29) is 0 Å². The highest BCUT2D eigenvalue weighted by Crippen LogP contribution is 2.33. The summed E-state index contributed by atoms with van der Waals surface area (Å²) in [6, 6.07) is 15.3. The number of nitrogens with zero attached hydrogens (tertiary/aromatic N) is 4. The molecule has 1 aromatic heterocycles. The van der Waals surface area contributed by atoms with E-state index >= 15 is 0 Å². The standard InChI is InChI=1S/C26H26N4O/c31-26(22-9-10-22)29-13-12-18(15-29)16-30-17-27-28-25(30)21-7-4-20(5-8-21)24-11-6-19-2-1-3-23(19)14-24/h1-2,4-8,11,14,17-18,22H,3,9-10,12-13,15-16H2/t18-/m1/s1. The summed E-state index contributed by atoms with van der Waals surface area (Å²) in [6.07, 6.45) is 10.5. The first kappa shape index (κ1) is 18.6. The minimum Gasteiger partial charge on any atom is -0.342 e. The van der Waals surface area contributed by atoms with Crippen LogP contribution in [0.5, 0.6) is 0 Å². The second kappa shape index (κ2) is 7.49. The lowest BCUT2D eigenvalue weighted by Gasteiger charge is -2.17. The van der Waals surface area contributed by atoms with Crippen LogP contribution in [0.1, 0.15) is 30.4 Å². The minimum atomic E-state index is 0.310. The molecule has 2 fully saturated rings. The number of aromatic nitrogens is 3. The zero-order chi connectivity index (χ0) is 20.8. The molecule has 1 aliphatic heterocycles. The van der Waals surface area contributed by atoms with Gasteiger partial charge in [-0.15, -0.1) is 10.2 Å². The van der Waals surface area contributed by atoms with Gasteiger partial charge in [-0.05, 0) is 53.9 Å². The van der Waals surface area contributed by atoms with Gasteiger partial charge in [-0.2, -0.15) is 0 Å². The Hall–Kier alpha value is -3.21. The summed E-state index contributed by atoms with van der Waals surface area (Å²) in [6.45, 7) is 2.61. The van der Waals surface area contributed by atoms with Crippen LogP contribution in [0.15, 0.2) is 54.9 Å². The molecule has 0 N–H and O–H groups in total. The van der Waals surface area contributed by atoms with Gasteiger partial charge in [0.2, 0.25) is 5.91 Å². The van der Waals surface area contributed by atoms with Crippen LogP contribution in [0, 0.1) is 11.8 Å². The maximum atomic E-state index is 12.3. The number of rotatable bonds is 5. The third-order valence-corrected chi connectivity index (χ3v) is 6.85. The Morgan fingerprint density at radius 2 is 1.81 bits per heavy atom. The molecule has 0 radical (unpaired) electrons. The summed E-state index contributed by atoms with van der Waals surface area (Å²) in [7, 11) is 0. The van der Waals surface area contributed by atoms with Crippen molar-refractivity contribution in [2.24, 2.45) is 11.8 Å². The Balaban J connectivity index is 1.17. The van der Waals surface area contributed by atoms with Crippen molar-refractivity contribution in [3.05, 3.63) is 66.0 Å². The molecule has 0 bridgehead atoms. The van der Waals surface area contributed by atoms with Crippen molar-refractivity contribution in [1.82, 2.24) is 19.7 Å². The van der Waals surface area contributed by atoms with E-state index in [9.17, 15) is 4.79 Å². The van der Waals surface area contributed by atoms with Crippen LogP contribution in [0.4, 0.5) is 0 Å². The molecule has 3 aliphatic rings. The highest BCUT2D eigenvalue weighted by molar-refractivity contribution is 5.81. The van der Waals surface area contributed by atoms with Crippen molar-refractivity contribution in [3.8, 4) is 22.5 Å². The smallest absolute Gasteiger partial charge is 0.225 e. The summed E-state index contributed by atoms with van der Waals surface area (Å²) in [4.78, 5) is 14.4. The summed E-state index contributed by atoms with van der Waals surface area (Å²) < 4.78 is 2.14. The van der Waals surface area contributed by atoms with Crippen molar-refractivity contribution in [3.63, 3.8) is 0 Å². The first-order valence-corrected chi connectivity index (χ1v) is 11.3. The first-order chi connectivity index (χ1) is 15.2. The third kappa shape index (κ3) is 3.58. The van der Waals surface area contributed by atoms with E-state index in [0.29, 0.717) is 17.7 Å². The summed E-state index contributed by atoms with van der Waals surface area (Å²) >= 11 is 0. The van der Waals surface area contributed by atoms with Gasteiger partial charge in [0.05, 0.1) is 0 Å². The fourth-order valence-corrected chi connectivity index (χ4v) is 4.91. The summed E-state index contributed by atoms with van der Waals surface area (Å²) in [5, 5.41) is 8.57. The number of carbonyl (C=O) groups excluding carboxylic acids is 1. The van der Waals surface area contributed by atoms with Gasteiger partial charge in [0.15, 0.2) is 5.82 Å². The Labute approximate surface area is 182 Å². The lowest BCUT2D eigenvalue weighted by Crippen LogP contribution is -2.30. The predicted molar refractivity (Wildman–Crippen MR) is 121 cm³/mol. The van der Waals surface area contributed by atoms with Crippen LogP contribution in [-0.2, 0) is 17.8 Å². The fourth-order valence-electron chi connectivity index (χ4n) is 4.91. The second-order valence-corrected chi connectivity index (χ2v) is 9.12. The van der Waals surface area contributed by atoms with Crippen LogP contribution in [0.2, 0.25) is 0 Å². The molecule has 5 heteroatoms. The van der Waals surface area contributed by atoms with Gasteiger partial charge in [-0.25, -0.2) is 0 Å². The maximum Gasteiger partial charge on any atom is 0.225 e. The van der Waals surface area contributed by atoms with Crippen molar-refractivity contribution in [2.75, 3.05) is 13.1 Å². The monoisotopic (exact) mass is 410 g/mol. The number of benzene rings is 2. The maximum absolute atomic E-state index is 12.3. The van der Waals surface area contributed by atoms with Crippen molar-refractivity contribution in [1.29, 1.82) is 0 Å². The average Bonchev–Trinajstić information content (AvgIpc) is 3.17. The molecule has 1 saturated carbocycles. The van der Waals surface area contributed by atoms with Gasteiger partial charge < -0.3 is 9.47 Å². The van der Waals surface area contributed by atoms with E-state index in [2.05, 4.69) is 74.3 Å². The second-order valence-electron chi connectivity index (χ2n) is 9.12. The highest BCUT2D eigenvalue weighted by Gasteiger charge is 2.36. The number of allylic oxidation sites excluding steroid dienone is 1. The van der Waals surface area contributed by atoms with Crippen molar-refractivity contribution in [2.45, 2.75) is 32.2 Å². The topological polar surface area (TPSA) is 51.0 Å². The first-order valence-electron chi connectivity index (χ1n) is 11.3. The summed E-state index contributed by atoms with van der Waals surface area (Å²) in [5.74, 6) is 2.04. The van der Waals surface area contributed by atoms with Crippen LogP contribution < -0.4 is 0 Å². The SMILES string of the molecule is O=C(C1CC1)N1CC[C@@H](Cn2cnnc2-c2ccc(-c3ccc4c(c3)CC=C4)cc2)C1. The molecule has 0 unspecified atom stereocenters. The largest absolute Gasteiger partial charge is 0.342 e. The molecule has 6 rings (SSSR count). The van der Waals surface area contributed by atoms with Crippen molar-refractivity contribution >= 4 is 12.0 Å². The van der Waals surface area contributed by atoms with E-state index in [1.165, 1.54) is 22.3 Å². The molecule has 1 saturated heterocycles. The fraction of sp³-hybridized carbons (Fsp3) is 0.346. The van der Waals surface area contributed by atoms with Crippen LogP contribution in [0.3, 0.4) is 0 Å². The van der Waals surface area contributed by atoms with E-state index < -0.39 is 0 Å². The molecule has 1 atom stereocenters. The molecule has 1 amide bonds. The quantitative estimate of drug-likeness (QED) is 0.625. The molecule has 5 nitrogen and oxygen atoms in total. The molecule has 156 valence electrons. The molecule has 2 heterocycles. The normalized spacial score (nSPS) is 19.7. The number of fused-ring (bicyclic) bond motifs is 1.